The number of likely N-dealkylation sites (tertiary alicyclic amines) is 1. The van der Waals surface area contributed by atoms with Crippen molar-refractivity contribution in [2.45, 2.75) is 38.8 Å². The first-order valence-electron chi connectivity index (χ1n) is 11.9. The van der Waals surface area contributed by atoms with Crippen molar-refractivity contribution in [1.82, 2.24) is 20.2 Å². The zero-order valence-electron chi connectivity index (χ0n) is 20.4. The summed E-state index contributed by atoms with van der Waals surface area (Å²) < 4.78 is 7.99. The lowest BCUT2D eigenvalue weighted by atomic mass is 10.0. The minimum atomic E-state index is -0.649. The molecule has 0 saturated carbocycles. The fourth-order valence-corrected chi connectivity index (χ4v) is 6.84. The second-order valence-electron chi connectivity index (χ2n) is 9.29. The molecule has 1 aliphatic heterocycles. The molecule has 1 saturated heterocycles. The topological polar surface area (TPSA) is 87.3 Å². The van der Waals surface area contributed by atoms with Gasteiger partial charge in [-0.1, -0.05) is 38.1 Å². The maximum atomic E-state index is 13.3. The third-order valence-corrected chi connectivity index (χ3v) is 8.72. The van der Waals surface area contributed by atoms with Crippen LogP contribution in [0.1, 0.15) is 38.6 Å². The summed E-state index contributed by atoms with van der Waals surface area (Å²) in [7, 11) is 7.20. The lowest BCUT2D eigenvalue weighted by molar-refractivity contribution is -0.135. The molecule has 1 aliphatic rings. The van der Waals surface area contributed by atoms with Crippen LogP contribution in [0.4, 0.5) is 4.79 Å². The van der Waals surface area contributed by atoms with E-state index in [1.54, 1.807) is 22.7 Å². The minimum Gasteiger partial charge on any atom is -0.453 e. The highest BCUT2D eigenvalue weighted by molar-refractivity contribution is 7.33. The maximum absolute atomic E-state index is 13.3. The Morgan fingerprint density at radius 3 is 2.58 bits per heavy atom. The van der Waals surface area contributed by atoms with Crippen LogP contribution in [0.2, 0.25) is 0 Å². The summed E-state index contributed by atoms with van der Waals surface area (Å²) in [6, 6.07) is 11.8. The van der Waals surface area contributed by atoms with E-state index in [-0.39, 0.29) is 17.9 Å². The van der Waals surface area contributed by atoms with Gasteiger partial charge < -0.3 is 19.9 Å². The first-order chi connectivity index (χ1) is 17.3. The fourth-order valence-electron chi connectivity index (χ4n) is 4.66. The molecule has 1 aromatic carbocycles. The van der Waals surface area contributed by atoms with Crippen LogP contribution in [0.15, 0.2) is 42.6 Å². The van der Waals surface area contributed by atoms with Crippen LogP contribution in [0.3, 0.4) is 0 Å². The predicted molar refractivity (Wildman–Crippen MR) is 146 cm³/mol. The van der Waals surface area contributed by atoms with Gasteiger partial charge in [0.1, 0.15) is 19.7 Å². The highest BCUT2D eigenvalue weighted by atomic mass is 32.1. The molecule has 4 aromatic rings. The normalized spacial score (nSPS) is 16.6. The predicted octanol–water partition coefficient (Wildman–Crippen LogP) is 4.86. The van der Waals surface area contributed by atoms with Crippen LogP contribution in [0.5, 0.6) is 0 Å². The molecule has 4 heterocycles. The monoisotopic (exact) mass is 518 g/mol. The van der Waals surface area contributed by atoms with E-state index in [0.29, 0.717) is 6.54 Å². The summed E-state index contributed by atoms with van der Waals surface area (Å²) in [5.41, 5.74) is 3.10. The SMILES string of the molecule is [B]c1cc2sc(-c3ccc(-c4cnc([C@@H]5CCCN5C(=O)[C@@H](NC(=O)OC)C(C)C)[nH]4)cc3)cc2s1. The van der Waals surface area contributed by atoms with Crippen molar-refractivity contribution in [2.24, 2.45) is 5.92 Å². The number of H-pyrrole nitrogens is 1. The largest absolute Gasteiger partial charge is 0.453 e. The number of amides is 2. The van der Waals surface area contributed by atoms with Crippen LogP contribution < -0.4 is 10.1 Å². The van der Waals surface area contributed by atoms with Gasteiger partial charge in [-0.2, -0.15) is 11.3 Å². The van der Waals surface area contributed by atoms with Gasteiger partial charge in [0.15, 0.2) is 0 Å². The van der Waals surface area contributed by atoms with Gasteiger partial charge in [0, 0.05) is 20.8 Å². The van der Waals surface area contributed by atoms with Crippen LogP contribution in [-0.4, -0.2) is 54.4 Å². The number of fused-ring (bicyclic) bond motifs is 1. The first-order valence-corrected chi connectivity index (χ1v) is 13.6. The molecule has 36 heavy (non-hydrogen) atoms. The van der Waals surface area contributed by atoms with Crippen LogP contribution >= 0.6 is 22.7 Å². The van der Waals surface area contributed by atoms with Gasteiger partial charge in [0.2, 0.25) is 5.91 Å². The van der Waals surface area contributed by atoms with Gasteiger partial charge in [-0.3, -0.25) is 4.79 Å². The van der Waals surface area contributed by atoms with Gasteiger partial charge in [-0.05, 0) is 46.8 Å². The highest BCUT2D eigenvalue weighted by Gasteiger charge is 2.37. The third kappa shape index (κ3) is 4.79. The number of aromatic amines is 1. The second kappa shape index (κ2) is 10.1. The van der Waals surface area contributed by atoms with Gasteiger partial charge in [-0.15, -0.1) is 11.3 Å². The number of thiophene rings is 2. The highest BCUT2D eigenvalue weighted by Crippen LogP contribution is 2.37. The summed E-state index contributed by atoms with van der Waals surface area (Å²) in [4.78, 5) is 36.2. The summed E-state index contributed by atoms with van der Waals surface area (Å²) in [5.74, 6) is 0.578. The summed E-state index contributed by atoms with van der Waals surface area (Å²) >= 11 is 3.36. The lowest BCUT2D eigenvalue weighted by Crippen LogP contribution is -2.51. The molecule has 2 radical (unpaired) electrons. The van der Waals surface area contributed by atoms with Crippen molar-refractivity contribution in [1.29, 1.82) is 0 Å². The van der Waals surface area contributed by atoms with E-state index >= 15 is 0 Å². The number of nitrogens with one attached hydrogen (secondary N) is 2. The maximum Gasteiger partial charge on any atom is 0.407 e. The minimum absolute atomic E-state index is 0.0694. The van der Waals surface area contributed by atoms with E-state index in [1.165, 1.54) is 21.4 Å². The average Bonchev–Trinajstić information content (AvgIpc) is 3.65. The number of methoxy groups -OCH3 is 1. The molecule has 2 atom stereocenters. The zero-order valence-corrected chi connectivity index (χ0v) is 22.0. The first kappa shape index (κ1) is 24.6. The second-order valence-corrected chi connectivity index (χ2v) is 11.5. The van der Waals surface area contributed by atoms with E-state index in [0.717, 1.165) is 40.3 Å². The Kier molecular flexibility index (Phi) is 6.90. The molecule has 0 aliphatic carbocycles. The quantitative estimate of drug-likeness (QED) is 0.357. The molecule has 2 N–H and O–H groups in total. The summed E-state index contributed by atoms with van der Waals surface area (Å²) in [6.45, 7) is 4.45. The van der Waals surface area contributed by atoms with Crippen molar-refractivity contribution >= 4 is 56.7 Å². The van der Waals surface area contributed by atoms with Crippen LogP contribution in [0.25, 0.3) is 31.1 Å². The number of aromatic nitrogens is 2. The van der Waals surface area contributed by atoms with E-state index in [1.807, 2.05) is 31.0 Å². The lowest BCUT2D eigenvalue weighted by Gasteiger charge is -2.30. The van der Waals surface area contributed by atoms with Crippen molar-refractivity contribution in [2.75, 3.05) is 13.7 Å². The number of carbonyl (C=O) groups excluding carboxylic acids is 2. The Hall–Kier alpha value is -3.11. The number of rotatable bonds is 6. The summed E-state index contributed by atoms with van der Waals surface area (Å²) in [6.07, 6.45) is 2.92. The van der Waals surface area contributed by atoms with Gasteiger partial charge in [-0.25, -0.2) is 9.78 Å². The zero-order chi connectivity index (χ0) is 25.4. The molecule has 2 amide bonds. The molecule has 10 heteroatoms. The summed E-state index contributed by atoms with van der Waals surface area (Å²) in [5, 5.41) is 2.69. The van der Waals surface area contributed by atoms with E-state index in [4.69, 9.17) is 12.6 Å². The number of nitrogens with zero attached hydrogens (tertiary/aromatic N) is 2. The van der Waals surface area contributed by atoms with Crippen molar-refractivity contribution < 1.29 is 14.3 Å². The van der Waals surface area contributed by atoms with Gasteiger partial charge in [0.05, 0.1) is 25.0 Å². The number of benzene rings is 1. The number of imidazole rings is 1. The fraction of sp³-hybridized carbons (Fsp3) is 0.346. The molecule has 0 spiro atoms. The van der Waals surface area contributed by atoms with Crippen molar-refractivity contribution in [3.63, 3.8) is 0 Å². The number of carbonyl (C=O) groups is 2. The standard InChI is InChI=1S/C26H27BN4O3S2/c1-14(2)23(30-26(33)34-3)25(32)31-10-4-5-18(31)24-28-13-17(29-24)15-6-8-16(9-7-15)19-11-20-21(35-19)12-22(27)36-20/h6-9,11-14,18,23H,4-5,10H2,1-3H3,(H,28,29)(H,30,33)/t18-,23-/m0/s1. The van der Waals surface area contributed by atoms with Crippen LogP contribution in [-0.2, 0) is 9.53 Å². The van der Waals surface area contributed by atoms with Gasteiger partial charge in [0.25, 0.3) is 0 Å². The molecule has 0 unspecified atom stereocenters. The molecule has 1 fully saturated rings. The molecule has 7 nitrogen and oxygen atoms in total. The van der Waals surface area contributed by atoms with E-state index in [2.05, 4.69) is 45.6 Å². The Bertz CT molecular complexity index is 1360. The Morgan fingerprint density at radius 1 is 1.17 bits per heavy atom. The van der Waals surface area contributed by atoms with Crippen molar-refractivity contribution in [3.05, 3.63) is 48.4 Å². The van der Waals surface area contributed by atoms with E-state index in [9.17, 15) is 9.59 Å². The number of hydrogen-bond donors (Lipinski definition) is 2. The smallest absolute Gasteiger partial charge is 0.407 e. The molecular weight excluding hydrogens is 491 g/mol. The number of hydrogen-bond acceptors (Lipinski definition) is 6. The molecular formula is C26H27BN4O3S2. The van der Waals surface area contributed by atoms with Gasteiger partial charge >= 0.3 is 6.09 Å². The number of ether oxygens (including phenoxy) is 1. The number of alkyl carbamates (subject to hydrolysis) is 1. The molecule has 5 rings (SSSR count). The Labute approximate surface area is 219 Å². The average molecular weight is 518 g/mol. The Morgan fingerprint density at radius 2 is 1.89 bits per heavy atom. The van der Waals surface area contributed by atoms with Crippen LogP contribution in [0, 0.1) is 5.92 Å². The van der Waals surface area contributed by atoms with Crippen molar-refractivity contribution in [3.8, 4) is 21.7 Å². The molecule has 3 aromatic heterocycles. The Balaban J connectivity index is 1.32. The third-order valence-electron chi connectivity index (χ3n) is 6.54. The molecule has 0 bridgehead atoms. The van der Waals surface area contributed by atoms with E-state index < -0.39 is 12.1 Å². The molecule has 184 valence electrons.